The molecule has 1 unspecified atom stereocenters. The van der Waals surface area contributed by atoms with Gasteiger partial charge in [0.25, 0.3) is 0 Å². The van der Waals surface area contributed by atoms with Crippen LogP contribution in [0.2, 0.25) is 0 Å². The van der Waals surface area contributed by atoms with Crippen LogP contribution in [-0.2, 0) is 11.3 Å². The van der Waals surface area contributed by atoms with Crippen molar-refractivity contribution in [2.75, 3.05) is 12.1 Å². The van der Waals surface area contributed by atoms with E-state index in [2.05, 4.69) is 22.1 Å². The Kier molecular flexibility index (Phi) is 5.71. The molecule has 3 aromatic rings. The van der Waals surface area contributed by atoms with Crippen molar-refractivity contribution in [3.63, 3.8) is 0 Å². The van der Waals surface area contributed by atoms with Crippen LogP contribution < -0.4 is 14.8 Å². The maximum atomic E-state index is 13.2. The lowest BCUT2D eigenvalue weighted by atomic mass is 10.2. The molecule has 0 fully saturated rings. The predicted octanol–water partition coefficient (Wildman–Crippen LogP) is 4.12. The number of carbonyl (C=O) groups is 1. The Hall–Kier alpha value is -3.33. The number of aromatic nitrogens is 3. The fourth-order valence-electron chi connectivity index (χ4n) is 2.91. The van der Waals surface area contributed by atoms with Crippen LogP contribution in [0, 0.1) is 5.82 Å². The highest BCUT2D eigenvalue weighted by Crippen LogP contribution is 2.34. The maximum absolute atomic E-state index is 13.2. The molecule has 30 heavy (non-hydrogen) atoms. The van der Waals surface area contributed by atoms with Crippen LogP contribution in [0.3, 0.4) is 0 Å². The van der Waals surface area contributed by atoms with Gasteiger partial charge in [0.05, 0.1) is 5.25 Å². The third kappa shape index (κ3) is 4.16. The van der Waals surface area contributed by atoms with Crippen molar-refractivity contribution in [2.24, 2.45) is 0 Å². The van der Waals surface area contributed by atoms with Crippen molar-refractivity contribution in [3.05, 3.63) is 60.9 Å². The Balaban J connectivity index is 1.49. The molecular formula is C21H19FN4O3S. The molecule has 1 aliphatic rings. The zero-order chi connectivity index (χ0) is 21.1. The van der Waals surface area contributed by atoms with Crippen LogP contribution in [0.25, 0.3) is 11.4 Å². The van der Waals surface area contributed by atoms with Gasteiger partial charge in [0.15, 0.2) is 22.5 Å². The molecule has 1 N–H and O–H groups in total. The van der Waals surface area contributed by atoms with Crippen molar-refractivity contribution in [1.82, 2.24) is 14.8 Å². The highest BCUT2D eigenvalue weighted by atomic mass is 32.2. The predicted molar refractivity (Wildman–Crippen MR) is 112 cm³/mol. The molecule has 0 saturated heterocycles. The third-order valence-electron chi connectivity index (χ3n) is 4.42. The molecule has 1 aromatic heterocycles. The molecule has 0 radical (unpaired) electrons. The second-order valence-electron chi connectivity index (χ2n) is 6.53. The number of hydrogen-bond acceptors (Lipinski definition) is 6. The smallest absolute Gasteiger partial charge is 0.237 e. The highest BCUT2D eigenvalue weighted by molar-refractivity contribution is 8.00. The van der Waals surface area contributed by atoms with Gasteiger partial charge >= 0.3 is 0 Å². The average molecular weight is 426 g/mol. The Morgan fingerprint density at radius 3 is 2.80 bits per heavy atom. The number of thioether (sulfide) groups is 1. The van der Waals surface area contributed by atoms with Gasteiger partial charge in [-0.15, -0.1) is 16.8 Å². The number of carbonyl (C=O) groups excluding carboxylic acids is 1. The molecule has 4 rings (SSSR count). The summed E-state index contributed by atoms with van der Waals surface area (Å²) < 4.78 is 25.7. The highest BCUT2D eigenvalue weighted by Gasteiger charge is 2.21. The standard InChI is InChI=1S/C21H19FN4O3S/c1-3-10-26-19(14-4-6-15(22)7-5-14)24-25-21(26)30-13(2)20(27)23-16-8-9-17-18(11-16)29-12-28-17/h3-9,11,13H,1,10,12H2,2H3,(H,23,27). The molecule has 1 amide bonds. The number of allylic oxidation sites excluding steroid dienone is 1. The lowest BCUT2D eigenvalue weighted by molar-refractivity contribution is -0.115. The number of ether oxygens (including phenoxy) is 2. The van der Waals surface area contributed by atoms with Gasteiger partial charge in [0.1, 0.15) is 5.82 Å². The average Bonchev–Trinajstić information content (AvgIpc) is 3.36. The second-order valence-corrected chi connectivity index (χ2v) is 7.84. The fourth-order valence-corrected chi connectivity index (χ4v) is 3.77. The summed E-state index contributed by atoms with van der Waals surface area (Å²) in [6.07, 6.45) is 1.72. The third-order valence-corrected chi connectivity index (χ3v) is 5.50. The molecule has 7 nitrogen and oxygen atoms in total. The van der Waals surface area contributed by atoms with E-state index in [0.29, 0.717) is 34.7 Å². The molecule has 1 aliphatic heterocycles. The van der Waals surface area contributed by atoms with Gasteiger partial charge in [-0.3, -0.25) is 9.36 Å². The molecule has 2 aromatic carbocycles. The first kappa shape index (κ1) is 20.0. The topological polar surface area (TPSA) is 78.3 Å². The first-order valence-electron chi connectivity index (χ1n) is 9.22. The van der Waals surface area contributed by atoms with Crippen molar-refractivity contribution in [2.45, 2.75) is 23.9 Å². The largest absolute Gasteiger partial charge is 0.454 e. The Labute approximate surface area is 176 Å². The lowest BCUT2D eigenvalue weighted by Crippen LogP contribution is -2.23. The van der Waals surface area contributed by atoms with Gasteiger partial charge in [0.2, 0.25) is 12.7 Å². The number of hydrogen-bond donors (Lipinski definition) is 1. The summed E-state index contributed by atoms with van der Waals surface area (Å²) in [4.78, 5) is 12.7. The summed E-state index contributed by atoms with van der Waals surface area (Å²) >= 11 is 1.28. The molecule has 2 heterocycles. The number of amides is 1. The molecule has 9 heteroatoms. The first-order chi connectivity index (χ1) is 14.5. The van der Waals surface area contributed by atoms with E-state index >= 15 is 0 Å². The van der Waals surface area contributed by atoms with Gasteiger partial charge in [-0.1, -0.05) is 17.8 Å². The van der Waals surface area contributed by atoms with Gasteiger partial charge in [-0.25, -0.2) is 4.39 Å². The van der Waals surface area contributed by atoms with Crippen LogP contribution in [0.4, 0.5) is 10.1 Å². The zero-order valence-electron chi connectivity index (χ0n) is 16.2. The van der Waals surface area contributed by atoms with Crippen LogP contribution in [0.5, 0.6) is 11.5 Å². The SMILES string of the molecule is C=CCn1c(SC(C)C(=O)Nc2ccc3c(c2)OCO3)nnc1-c1ccc(F)cc1. The minimum atomic E-state index is -0.441. The zero-order valence-corrected chi connectivity index (χ0v) is 17.0. The number of rotatable bonds is 7. The summed E-state index contributed by atoms with van der Waals surface area (Å²) in [5, 5.41) is 11.5. The summed E-state index contributed by atoms with van der Waals surface area (Å²) in [7, 11) is 0. The first-order valence-corrected chi connectivity index (χ1v) is 10.1. The van der Waals surface area contributed by atoms with Gasteiger partial charge in [-0.2, -0.15) is 0 Å². The molecular weight excluding hydrogens is 407 g/mol. The molecule has 154 valence electrons. The van der Waals surface area contributed by atoms with Crippen LogP contribution in [0.1, 0.15) is 6.92 Å². The minimum absolute atomic E-state index is 0.175. The number of nitrogens with zero attached hydrogens (tertiary/aromatic N) is 3. The van der Waals surface area contributed by atoms with Gasteiger partial charge < -0.3 is 14.8 Å². The van der Waals surface area contributed by atoms with E-state index in [9.17, 15) is 9.18 Å². The van der Waals surface area contributed by atoms with Crippen molar-refractivity contribution in [1.29, 1.82) is 0 Å². The van der Waals surface area contributed by atoms with Crippen molar-refractivity contribution < 1.29 is 18.7 Å². The Morgan fingerprint density at radius 2 is 2.03 bits per heavy atom. The molecule has 0 bridgehead atoms. The van der Waals surface area contributed by atoms with Crippen LogP contribution in [-0.4, -0.2) is 32.7 Å². The fraction of sp³-hybridized carbons (Fsp3) is 0.190. The number of fused-ring (bicyclic) bond motifs is 1. The van der Waals surface area contributed by atoms with E-state index in [1.54, 1.807) is 43.3 Å². The summed E-state index contributed by atoms with van der Waals surface area (Å²) in [5.41, 5.74) is 1.35. The number of nitrogens with one attached hydrogen (secondary N) is 1. The van der Waals surface area contributed by atoms with E-state index in [1.807, 2.05) is 4.57 Å². The molecule has 0 saturated carbocycles. The summed E-state index contributed by atoms with van der Waals surface area (Å²) in [6, 6.07) is 11.3. The monoisotopic (exact) mass is 426 g/mol. The number of benzene rings is 2. The van der Waals surface area contributed by atoms with E-state index in [1.165, 1.54) is 23.9 Å². The van der Waals surface area contributed by atoms with Crippen LogP contribution in [0.15, 0.2) is 60.3 Å². The molecule has 0 spiro atoms. The second kappa shape index (κ2) is 8.58. The molecule has 0 aliphatic carbocycles. The quantitative estimate of drug-likeness (QED) is 0.452. The summed E-state index contributed by atoms with van der Waals surface area (Å²) in [5.74, 6) is 1.33. The van der Waals surface area contributed by atoms with Gasteiger partial charge in [0, 0.05) is 23.9 Å². The number of halogens is 1. The maximum Gasteiger partial charge on any atom is 0.237 e. The normalized spacial score (nSPS) is 13.1. The van der Waals surface area contributed by atoms with E-state index < -0.39 is 5.25 Å². The number of anilines is 1. The lowest BCUT2D eigenvalue weighted by Gasteiger charge is -2.13. The van der Waals surface area contributed by atoms with E-state index in [4.69, 9.17) is 9.47 Å². The van der Waals surface area contributed by atoms with Gasteiger partial charge in [-0.05, 0) is 43.3 Å². The van der Waals surface area contributed by atoms with Crippen LogP contribution >= 0.6 is 11.8 Å². The van der Waals surface area contributed by atoms with E-state index in [0.717, 1.165) is 5.56 Å². The Bertz CT molecular complexity index is 1080. The van der Waals surface area contributed by atoms with Crippen molar-refractivity contribution in [3.8, 4) is 22.9 Å². The Morgan fingerprint density at radius 1 is 1.27 bits per heavy atom. The molecule has 1 atom stereocenters. The van der Waals surface area contributed by atoms with Crippen molar-refractivity contribution >= 4 is 23.4 Å². The van der Waals surface area contributed by atoms with E-state index in [-0.39, 0.29) is 18.5 Å². The minimum Gasteiger partial charge on any atom is -0.454 e. The summed E-state index contributed by atoms with van der Waals surface area (Å²) in [6.45, 7) is 6.20.